The predicted molar refractivity (Wildman–Crippen MR) is 101 cm³/mol. The van der Waals surface area contributed by atoms with Gasteiger partial charge < -0.3 is 5.32 Å². The van der Waals surface area contributed by atoms with Crippen molar-refractivity contribution in [2.45, 2.75) is 33.2 Å². The van der Waals surface area contributed by atoms with Crippen molar-refractivity contribution < 1.29 is 9.59 Å². The van der Waals surface area contributed by atoms with Gasteiger partial charge in [0.2, 0.25) is 0 Å². The molecule has 3 amide bonds. The third-order valence-electron chi connectivity index (χ3n) is 3.56. The molecule has 2 aromatic rings. The van der Waals surface area contributed by atoms with Crippen LogP contribution in [0.1, 0.15) is 36.7 Å². The van der Waals surface area contributed by atoms with Crippen molar-refractivity contribution in [1.82, 2.24) is 10.4 Å². The third-order valence-corrected chi connectivity index (χ3v) is 3.79. The first-order chi connectivity index (χ1) is 11.7. The molecule has 0 heterocycles. The molecule has 0 fully saturated rings. The number of nitrogens with zero attached hydrogens (tertiary/aromatic N) is 1. The highest BCUT2D eigenvalue weighted by Gasteiger charge is 2.29. The monoisotopic (exact) mass is 359 g/mol. The summed E-state index contributed by atoms with van der Waals surface area (Å²) in [5, 5.41) is 4.57. The number of hydrazine groups is 1. The van der Waals surface area contributed by atoms with Crippen LogP contribution in [0.4, 0.5) is 10.5 Å². The number of aryl methyl sites for hydroxylation is 1. The normalized spacial score (nSPS) is 10.9. The maximum atomic E-state index is 12.8. The Morgan fingerprint density at radius 1 is 1.04 bits per heavy atom. The Balaban J connectivity index is 2.18. The van der Waals surface area contributed by atoms with Crippen molar-refractivity contribution in [2.24, 2.45) is 0 Å². The molecule has 2 aromatic carbocycles. The molecule has 0 saturated carbocycles. The van der Waals surface area contributed by atoms with Gasteiger partial charge >= 0.3 is 6.03 Å². The average Bonchev–Trinajstić information content (AvgIpc) is 2.55. The second kappa shape index (κ2) is 7.57. The van der Waals surface area contributed by atoms with Crippen LogP contribution >= 0.6 is 11.6 Å². The molecule has 0 aliphatic heterocycles. The SMILES string of the molecule is Cc1ccc(Cl)cc1NC(=O)NN(C(=O)c1ccccc1)C(C)(C)C. The standard InChI is InChI=1S/C19H22ClN3O2/c1-13-10-11-15(20)12-16(13)21-18(25)22-23(19(2,3)4)17(24)14-8-6-5-7-9-14/h5-12H,1-4H3,(H2,21,22,25). The molecule has 6 heteroatoms. The first-order valence-corrected chi connectivity index (χ1v) is 8.29. The maximum absolute atomic E-state index is 12.8. The number of halogens is 1. The van der Waals surface area contributed by atoms with Crippen molar-refractivity contribution in [1.29, 1.82) is 0 Å². The number of carbonyl (C=O) groups is 2. The Bertz CT molecular complexity index is 770. The smallest absolute Gasteiger partial charge is 0.306 e. The molecular formula is C19H22ClN3O2. The molecule has 2 rings (SSSR count). The van der Waals surface area contributed by atoms with Crippen LogP contribution in [0.15, 0.2) is 48.5 Å². The summed E-state index contributed by atoms with van der Waals surface area (Å²) in [7, 11) is 0. The van der Waals surface area contributed by atoms with Gasteiger partial charge in [0.1, 0.15) is 0 Å². The summed E-state index contributed by atoms with van der Waals surface area (Å²) in [6.07, 6.45) is 0. The van der Waals surface area contributed by atoms with Crippen LogP contribution in [0.5, 0.6) is 0 Å². The van der Waals surface area contributed by atoms with Crippen LogP contribution in [0.25, 0.3) is 0 Å². The van der Waals surface area contributed by atoms with Gasteiger partial charge in [-0.2, -0.15) is 0 Å². The Hall–Kier alpha value is -2.53. The lowest BCUT2D eigenvalue weighted by atomic mass is 10.1. The highest BCUT2D eigenvalue weighted by atomic mass is 35.5. The van der Waals surface area contributed by atoms with E-state index in [-0.39, 0.29) is 5.91 Å². The minimum atomic E-state index is -0.604. The van der Waals surface area contributed by atoms with Crippen molar-refractivity contribution in [2.75, 3.05) is 5.32 Å². The van der Waals surface area contributed by atoms with Crippen molar-refractivity contribution >= 4 is 29.2 Å². The first-order valence-electron chi connectivity index (χ1n) is 7.92. The topological polar surface area (TPSA) is 61.4 Å². The molecule has 0 aliphatic rings. The van der Waals surface area contributed by atoms with E-state index in [0.717, 1.165) is 5.56 Å². The molecule has 0 radical (unpaired) electrons. The second-order valence-electron chi connectivity index (χ2n) is 6.70. The Morgan fingerprint density at radius 3 is 2.28 bits per heavy atom. The molecule has 0 saturated heterocycles. The fraction of sp³-hybridized carbons (Fsp3) is 0.263. The Labute approximate surface area is 152 Å². The zero-order valence-corrected chi connectivity index (χ0v) is 15.5. The number of carbonyl (C=O) groups excluding carboxylic acids is 2. The van der Waals surface area contributed by atoms with Crippen LogP contribution < -0.4 is 10.7 Å². The zero-order valence-electron chi connectivity index (χ0n) is 14.8. The van der Waals surface area contributed by atoms with Gasteiger partial charge in [-0.3, -0.25) is 4.79 Å². The van der Waals surface area contributed by atoms with Gasteiger partial charge in [-0.1, -0.05) is 35.9 Å². The quantitative estimate of drug-likeness (QED) is 0.768. The second-order valence-corrected chi connectivity index (χ2v) is 7.14. The molecular weight excluding hydrogens is 338 g/mol. The molecule has 132 valence electrons. The highest BCUT2D eigenvalue weighted by molar-refractivity contribution is 6.31. The summed E-state index contributed by atoms with van der Waals surface area (Å²) in [5.41, 5.74) is 3.99. The van der Waals surface area contributed by atoms with Gasteiger partial charge in [-0.05, 0) is 57.5 Å². The lowest BCUT2D eigenvalue weighted by molar-refractivity contribution is 0.0460. The summed E-state index contributed by atoms with van der Waals surface area (Å²) in [5.74, 6) is -0.286. The number of nitrogens with one attached hydrogen (secondary N) is 2. The van der Waals surface area contributed by atoms with Gasteiger partial charge in [0, 0.05) is 16.3 Å². The zero-order chi connectivity index (χ0) is 18.6. The van der Waals surface area contributed by atoms with Crippen LogP contribution in [0.3, 0.4) is 0 Å². The number of urea groups is 1. The van der Waals surface area contributed by atoms with E-state index in [1.165, 1.54) is 5.01 Å². The molecule has 0 aliphatic carbocycles. The van der Waals surface area contributed by atoms with Crippen molar-refractivity contribution in [3.8, 4) is 0 Å². The van der Waals surface area contributed by atoms with E-state index >= 15 is 0 Å². The molecule has 2 N–H and O–H groups in total. The Morgan fingerprint density at radius 2 is 1.68 bits per heavy atom. The number of benzene rings is 2. The van der Waals surface area contributed by atoms with E-state index in [1.807, 2.05) is 39.8 Å². The molecule has 25 heavy (non-hydrogen) atoms. The summed E-state index contributed by atoms with van der Waals surface area (Å²) >= 11 is 5.97. The minimum Gasteiger partial charge on any atom is -0.306 e. The maximum Gasteiger partial charge on any atom is 0.338 e. The van der Waals surface area contributed by atoms with Crippen molar-refractivity contribution in [3.63, 3.8) is 0 Å². The first kappa shape index (κ1) is 18.8. The summed E-state index contributed by atoms with van der Waals surface area (Å²) < 4.78 is 0. The number of hydrogen-bond acceptors (Lipinski definition) is 2. The molecule has 0 spiro atoms. The third kappa shape index (κ3) is 4.97. The molecule has 0 unspecified atom stereocenters. The molecule has 5 nitrogen and oxygen atoms in total. The minimum absolute atomic E-state index is 0.286. The van der Waals surface area contributed by atoms with Gasteiger partial charge in [0.15, 0.2) is 0 Å². The van der Waals surface area contributed by atoms with Gasteiger partial charge in [-0.25, -0.2) is 15.2 Å². The summed E-state index contributed by atoms with van der Waals surface area (Å²) in [6, 6.07) is 13.5. The van der Waals surface area contributed by atoms with Crippen LogP contribution in [0.2, 0.25) is 5.02 Å². The Kier molecular flexibility index (Phi) is 5.69. The van der Waals surface area contributed by atoms with Crippen molar-refractivity contribution in [3.05, 3.63) is 64.7 Å². The number of anilines is 1. The van der Waals surface area contributed by atoms with Crippen LogP contribution in [0, 0.1) is 6.92 Å². The van der Waals surface area contributed by atoms with Gasteiger partial charge in [-0.15, -0.1) is 0 Å². The fourth-order valence-corrected chi connectivity index (χ4v) is 2.39. The lowest BCUT2D eigenvalue weighted by Gasteiger charge is -2.35. The van der Waals surface area contributed by atoms with E-state index in [4.69, 9.17) is 11.6 Å². The summed E-state index contributed by atoms with van der Waals surface area (Å²) in [6.45, 7) is 7.40. The van der Waals surface area contributed by atoms with E-state index in [9.17, 15) is 9.59 Å². The van der Waals surface area contributed by atoms with E-state index in [2.05, 4.69) is 10.7 Å². The highest BCUT2D eigenvalue weighted by Crippen LogP contribution is 2.20. The predicted octanol–water partition coefficient (Wildman–Crippen LogP) is 4.63. The van der Waals surface area contributed by atoms with E-state index in [1.54, 1.807) is 36.4 Å². The summed E-state index contributed by atoms with van der Waals surface area (Å²) in [4.78, 5) is 25.2. The van der Waals surface area contributed by atoms with Crippen LogP contribution in [-0.4, -0.2) is 22.5 Å². The molecule has 0 aromatic heterocycles. The number of hydrogen-bond donors (Lipinski definition) is 2. The number of rotatable bonds is 2. The molecule has 0 bridgehead atoms. The van der Waals surface area contributed by atoms with Crippen LogP contribution in [-0.2, 0) is 0 Å². The fourth-order valence-electron chi connectivity index (χ4n) is 2.21. The van der Waals surface area contributed by atoms with Gasteiger partial charge in [0.05, 0.1) is 5.54 Å². The molecule has 0 atom stereocenters. The average molecular weight is 360 g/mol. The van der Waals surface area contributed by atoms with E-state index in [0.29, 0.717) is 16.3 Å². The van der Waals surface area contributed by atoms with E-state index < -0.39 is 11.6 Å². The largest absolute Gasteiger partial charge is 0.338 e. The lowest BCUT2D eigenvalue weighted by Crippen LogP contribution is -2.56. The van der Waals surface area contributed by atoms with Gasteiger partial charge in [0.25, 0.3) is 5.91 Å². The number of amides is 3.